The molecule has 1 unspecified atom stereocenters. The molecule has 1 amide bonds. The van der Waals surface area contributed by atoms with Crippen molar-refractivity contribution in [1.29, 1.82) is 0 Å². The lowest BCUT2D eigenvalue weighted by atomic mass is 9.74. The molecule has 4 nitrogen and oxygen atoms in total. The Balaban J connectivity index is 1.74. The number of rotatable bonds is 4. The van der Waals surface area contributed by atoms with E-state index in [1.165, 1.54) is 51.9 Å². The van der Waals surface area contributed by atoms with Crippen LogP contribution in [0.1, 0.15) is 38.5 Å². The first kappa shape index (κ1) is 13.8. The maximum Gasteiger partial charge on any atom is 0.219 e. The van der Waals surface area contributed by atoms with Gasteiger partial charge in [0.2, 0.25) is 5.91 Å². The van der Waals surface area contributed by atoms with E-state index in [4.69, 9.17) is 0 Å². The predicted molar refractivity (Wildman–Crippen MR) is 73.5 cm³/mol. The number of likely N-dealkylation sites (tertiary alicyclic amines) is 1. The van der Waals surface area contributed by atoms with Crippen LogP contribution in [0.2, 0.25) is 0 Å². The molecular weight excluding hydrogens is 226 g/mol. The molecule has 2 heterocycles. The summed E-state index contributed by atoms with van der Waals surface area (Å²) in [6.45, 7) is 5.91. The summed E-state index contributed by atoms with van der Waals surface area (Å²) in [5, 5.41) is 6.25. The Morgan fingerprint density at radius 2 is 2.22 bits per heavy atom. The molecule has 1 spiro atoms. The maximum absolute atomic E-state index is 11.2. The largest absolute Gasteiger partial charge is 0.359 e. The molecule has 0 aromatic carbocycles. The van der Waals surface area contributed by atoms with Crippen LogP contribution < -0.4 is 10.6 Å². The van der Waals surface area contributed by atoms with Gasteiger partial charge in [-0.1, -0.05) is 0 Å². The number of carbonyl (C=O) groups excluding carboxylic acids is 1. The number of carbonyl (C=O) groups is 1. The molecule has 2 saturated heterocycles. The average molecular weight is 253 g/mol. The van der Waals surface area contributed by atoms with E-state index < -0.39 is 0 Å². The Bertz CT molecular complexity index is 269. The zero-order chi connectivity index (χ0) is 12.8. The molecule has 104 valence electrons. The lowest BCUT2D eigenvalue weighted by molar-refractivity contribution is -0.120. The zero-order valence-corrected chi connectivity index (χ0v) is 11.6. The smallest absolute Gasteiger partial charge is 0.219 e. The fourth-order valence-corrected chi connectivity index (χ4v) is 3.47. The number of hydrogen-bond donors (Lipinski definition) is 2. The normalized spacial score (nSPS) is 29.4. The molecule has 0 saturated carbocycles. The van der Waals surface area contributed by atoms with Crippen LogP contribution in [-0.4, -0.2) is 50.6 Å². The van der Waals surface area contributed by atoms with Crippen molar-refractivity contribution in [3.05, 3.63) is 0 Å². The molecule has 1 atom stereocenters. The molecule has 2 rings (SSSR count). The van der Waals surface area contributed by atoms with E-state index in [0.717, 1.165) is 13.0 Å². The quantitative estimate of drug-likeness (QED) is 0.785. The highest BCUT2D eigenvalue weighted by molar-refractivity contribution is 5.75. The molecule has 2 N–H and O–H groups in total. The van der Waals surface area contributed by atoms with E-state index in [9.17, 15) is 4.79 Å². The SMILES string of the molecule is CNC(=O)CCCN1CCCC2(CCCNC2)C1. The van der Waals surface area contributed by atoms with Crippen LogP contribution in [0.4, 0.5) is 0 Å². The van der Waals surface area contributed by atoms with Gasteiger partial charge in [-0.15, -0.1) is 0 Å². The average Bonchev–Trinajstić information content (AvgIpc) is 2.39. The van der Waals surface area contributed by atoms with Crippen LogP contribution in [0.15, 0.2) is 0 Å². The first-order valence-electron chi connectivity index (χ1n) is 7.38. The number of amides is 1. The van der Waals surface area contributed by atoms with E-state index in [1.807, 2.05) is 0 Å². The van der Waals surface area contributed by atoms with Crippen LogP contribution in [-0.2, 0) is 4.79 Å². The highest BCUT2D eigenvalue weighted by Crippen LogP contribution is 2.35. The maximum atomic E-state index is 11.2. The summed E-state index contributed by atoms with van der Waals surface area (Å²) >= 11 is 0. The van der Waals surface area contributed by atoms with Crippen molar-refractivity contribution >= 4 is 5.91 Å². The van der Waals surface area contributed by atoms with Crippen molar-refractivity contribution in [2.24, 2.45) is 5.41 Å². The summed E-state index contributed by atoms with van der Waals surface area (Å²) in [4.78, 5) is 13.8. The zero-order valence-electron chi connectivity index (χ0n) is 11.6. The van der Waals surface area contributed by atoms with Gasteiger partial charge >= 0.3 is 0 Å². The van der Waals surface area contributed by atoms with Crippen molar-refractivity contribution in [1.82, 2.24) is 15.5 Å². The third-order valence-electron chi connectivity index (χ3n) is 4.46. The second kappa shape index (κ2) is 6.53. The summed E-state index contributed by atoms with van der Waals surface area (Å²) in [7, 11) is 1.71. The van der Waals surface area contributed by atoms with Crippen LogP contribution in [0, 0.1) is 5.41 Å². The first-order valence-corrected chi connectivity index (χ1v) is 7.38. The number of hydrogen-bond acceptors (Lipinski definition) is 3. The molecule has 0 bridgehead atoms. The monoisotopic (exact) mass is 253 g/mol. The molecule has 2 aliphatic rings. The molecule has 2 aliphatic heterocycles. The van der Waals surface area contributed by atoms with Crippen LogP contribution in [0.25, 0.3) is 0 Å². The van der Waals surface area contributed by atoms with Gasteiger partial charge in [0, 0.05) is 26.6 Å². The van der Waals surface area contributed by atoms with Gasteiger partial charge in [-0.05, 0) is 57.2 Å². The summed E-state index contributed by atoms with van der Waals surface area (Å²) in [6.07, 6.45) is 7.06. The molecule has 18 heavy (non-hydrogen) atoms. The highest BCUT2D eigenvalue weighted by atomic mass is 16.1. The Morgan fingerprint density at radius 3 is 2.94 bits per heavy atom. The second-order valence-electron chi connectivity index (χ2n) is 5.94. The Hall–Kier alpha value is -0.610. The van der Waals surface area contributed by atoms with Crippen molar-refractivity contribution in [3.8, 4) is 0 Å². The molecule has 0 aromatic heterocycles. The van der Waals surface area contributed by atoms with Gasteiger partial charge in [0.25, 0.3) is 0 Å². The third-order valence-corrected chi connectivity index (χ3v) is 4.46. The molecule has 0 aromatic rings. The van der Waals surface area contributed by atoms with Gasteiger partial charge in [0.1, 0.15) is 0 Å². The van der Waals surface area contributed by atoms with Gasteiger partial charge in [0.05, 0.1) is 0 Å². The van der Waals surface area contributed by atoms with Crippen LogP contribution in [0.3, 0.4) is 0 Å². The predicted octanol–water partition coefficient (Wildman–Crippen LogP) is 0.978. The Morgan fingerprint density at radius 1 is 1.39 bits per heavy atom. The number of nitrogens with one attached hydrogen (secondary N) is 2. The molecule has 0 radical (unpaired) electrons. The first-order chi connectivity index (χ1) is 8.74. The summed E-state index contributed by atoms with van der Waals surface area (Å²) in [6, 6.07) is 0. The van der Waals surface area contributed by atoms with Crippen LogP contribution in [0.5, 0.6) is 0 Å². The van der Waals surface area contributed by atoms with E-state index in [1.54, 1.807) is 7.05 Å². The van der Waals surface area contributed by atoms with E-state index in [2.05, 4.69) is 15.5 Å². The number of nitrogens with zero attached hydrogens (tertiary/aromatic N) is 1. The Kier molecular flexibility index (Phi) is 5.01. The van der Waals surface area contributed by atoms with E-state index in [-0.39, 0.29) is 5.91 Å². The molecule has 0 aliphatic carbocycles. The topological polar surface area (TPSA) is 44.4 Å². The Labute approximate surface area is 110 Å². The van der Waals surface area contributed by atoms with E-state index in [0.29, 0.717) is 11.8 Å². The molecule has 2 fully saturated rings. The minimum atomic E-state index is 0.168. The minimum absolute atomic E-state index is 0.168. The van der Waals surface area contributed by atoms with Crippen molar-refractivity contribution in [3.63, 3.8) is 0 Å². The van der Waals surface area contributed by atoms with Gasteiger partial charge in [-0.2, -0.15) is 0 Å². The fourth-order valence-electron chi connectivity index (χ4n) is 3.47. The summed E-state index contributed by atoms with van der Waals surface area (Å²) < 4.78 is 0. The fraction of sp³-hybridized carbons (Fsp3) is 0.929. The van der Waals surface area contributed by atoms with Crippen molar-refractivity contribution in [2.75, 3.05) is 39.8 Å². The van der Waals surface area contributed by atoms with E-state index >= 15 is 0 Å². The lowest BCUT2D eigenvalue weighted by Gasteiger charge is -2.45. The lowest BCUT2D eigenvalue weighted by Crippen LogP contribution is -2.51. The second-order valence-corrected chi connectivity index (χ2v) is 5.94. The van der Waals surface area contributed by atoms with Gasteiger partial charge in [-0.3, -0.25) is 4.79 Å². The standard InChI is InChI=1S/C14H27N3O/c1-15-13(18)5-2-9-17-10-4-7-14(12-17)6-3-8-16-11-14/h16H,2-12H2,1H3,(H,15,18). The van der Waals surface area contributed by atoms with Crippen molar-refractivity contribution < 1.29 is 4.79 Å². The molecule has 4 heteroatoms. The summed E-state index contributed by atoms with van der Waals surface area (Å²) in [5.74, 6) is 0.168. The number of piperidine rings is 2. The summed E-state index contributed by atoms with van der Waals surface area (Å²) in [5.41, 5.74) is 0.531. The van der Waals surface area contributed by atoms with Gasteiger partial charge in [-0.25, -0.2) is 0 Å². The van der Waals surface area contributed by atoms with Crippen molar-refractivity contribution in [2.45, 2.75) is 38.5 Å². The van der Waals surface area contributed by atoms with Gasteiger partial charge in [0.15, 0.2) is 0 Å². The van der Waals surface area contributed by atoms with Crippen LogP contribution >= 0.6 is 0 Å². The minimum Gasteiger partial charge on any atom is -0.359 e. The molecular formula is C14H27N3O. The highest BCUT2D eigenvalue weighted by Gasteiger charge is 2.36. The van der Waals surface area contributed by atoms with Gasteiger partial charge < -0.3 is 15.5 Å². The third kappa shape index (κ3) is 3.69.